The molecule has 2 aromatic carbocycles. The number of anilines is 1. The molecule has 0 saturated heterocycles. The van der Waals surface area contributed by atoms with Gasteiger partial charge in [0.1, 0.15) is 11.9 Å². The highest BCUT2D eigenvalue weighted by Gasteiger charge is 2.23. The summed E-state index contributed by atoms with van der Waals surface area (Å²) in [6.45, 7) is 1.02. The maximum absolute atomic E-state index is 6.00. The first kappa shape index (κ1) is 12.7. The number of hydrogen-bond acceptors (Lipinski definition) is 4. The maximum Gasteiger partial charge on any atom is 0.231 e. The zero-order valence-corrected chi connectivity index (χ0v) is 12.0. The van der Waals surface area contributed by atoms with E-state index in [0.717, 1.165) is 40.9 Å². The van der Waals surface area contributed by atoms with Crippen molar-refractivity contribution in [3.8, 4) is 17.2 Å². The van der Waals surface area contributed by atoms with E-state index in [-0.39, 0.29) is 6.10 Å². The maximum atomic E-state index is 6.00. The Morgan fingerprint density at radius 2 is 1.90 bits per heavy atom. The van der Waals surface area contributed by atoms with Gasteiger partial charge in [0.15, 0.2) is 11.5 Å². The summed E-state index contributed by atoms with van der Waals surface area (Å²) in [4.78, 5) is 0. The van der Waals surface area contributed by atoms with E-state index in [2.05, 4.69) is 5.32 Å². The van der Waals surface area contributed by atoms with Crippen molar-refractivity contribution in [2.24, 2.45) is 0 Å². The van der Waals surface area contributed by atoms with Gasteiger partial charge in [-0.15, -0.1) is 0 Å². The highest BCUT2D eigenvalue weighted by molar-refractivity contribution is 6.30. The van der Waals surface area contributed by atoms with E-state index in [9.17, 15) is 0 Å². The van der Waals surface area contributed by atoms with E-state index in [0.29, 0.717) is 6.79 Å². The van der Waals surface area contributed by atoms with E-state index in [1.807, 2.05) is 36.4 Å². The molecule has 4 nitrogen and oxygen atoms in total. The van der Waals surface area contributed by atoms with Crippen LogP contribution in [0.3, 0.4) is 0 Å². The zero-order chi connectivity index (χ0) is 14.2. The van der Waals surface area contributed by atoms with Crippen LogP contribution in [0.2, 0.25) is 5.02 Å². The summed E-state index contributed by atoms with van der Waals surface area (Å²) >= 11 is 6.00. The molecule has 0 aromatic heterocycles. The molecule has 2 heterocycles. The SMILES string of the molecule is Clc1ccc2c(c1)CC(CNc1ccc3c(c1)OCO3)O2. The number of fused-ring (bicyclic) bond motifs is 2. The Kier molecular flexibility index (Phi) is 3.04. The van der Waals surface area contributed by atoms with Gasteiger partial charge in [-0.25, -0.2) is 0 Å². The van der Waals surface area contributed by atoms with Crippen molar-refractivity contribution in [2.45, 2.75) is 12.5 Å². The first-order valence-electron chi connectivity index (χ1n) is 6.86. The van der Waals surface area contributed by atoms with E-state index in [1.165, 1.54) is 5.56 Å². The molecule has 108 valence electrons. The van der Waals surface area contributed by atoms with Gasteiger partial charge >= 0.3 is 0 Å². The van der Waals surface area contributed by atoms with Gasteiger partial charge in [-0.3, -0.25) is 0 Å². The lowest BCUT2D eigenvalue weighted by atomic mass is 10.1. The third kappa shape index (κ3) is 2.47. The molecule has 0 spiro atoms. The second-order valence-corrected chi connectivity index (χ2v) is 5.58. The van der Waals surface area contributed by atoms with E-state index in [4.69, 9.17) is 25.8 Å². The van der Waals surface area contributed by atoms with Gasteiger partial charge in [0.05, 0.1) is 6.54 Å². The van der Waals surface area contributed by atoms with Crippen LogP contribution in [0.1, 0.15) is 5.56 Å². The molecule has 1 unspecified atom stereocenters. The summed E-state index contributed by atoms with van der Waals surface area (Å²) in [7, 11) is 0. The second-order valence-electron chi connectivity index (χ2n) is 5.14. The number of halogens is 1. The van der Waals surface area contributed by atoms with Crippen molar-refractivity contribution in [3.05, 3.63) is 47.0 Å². The van der Waals surface area contributed by atoms with Gasteiger partial charge in [0.2, 0.25) is 6.79 Å². The van der Waals surface area contributed by atoms with Crippen LogP contribution in [-0.2, 0) is 6.42 Å². The van der Waals surface area contributed by atoms with Crippen molar-refractivity contribution in [1.29, 1.82) is 0 Å². The molecule has 0 saturated carbocycles. The van der Waals surface area contributed by atoms with Gasteiger partial charge < -0.3 is 19.5 Å². The van der Waals surface area contributed by atoms with Crippen LogP contribution in [0.4, 0.5) is 5.69 Å². The van der Waals surface area contributed by atoms with Crippen molar-refractivity contribution in [3.63, 3.8) is 0 Å². The van der Waals surface area contributed by atoms with Crippen LogP contribution in [0.5, 0.6) is 17.2 Å². The first-order chi connectivity index (χ1) is 10.3. The van der Waals surface area contributed by atoms with Crippen molar-refractivity contribution in [2.75, 3.05) is 18.7 Å². The highest BCUT2D eigenvalue weighted by Crippen LogP contribution is 2.35. The summed E-state index contributed by atoms with van der Waals surface area (Å²) < 4.78 is 16.6. The van der Waals surface area contributed by atoms with Crippen molar-refractivity contribution < 1.29 is 14.2 Å². The molecule has 21 heavy (non-hydrogen) atoms. The molecule has 0 fully saturated rings. The number of rotatable bonds is 3. The van der Waals surface area contributed by atoms with Crippen molar-refractivity contribution in [1.82, 2.24) is 0 Å². The van der Waals surface area contributed by atoms with E-state index < -0.39 is 0 Å². The monoisotopic (exact) mass is 303 g/mol. The summed E-state index contributed by atoms with van der Waals surface area (Å²) in [6, 6.07) is 11.6. The normalized spacial score (nSPS) is 18.2. The lowest BCUT2D eigenvalue weighted by Gasteiger charge is -2.13. The molecule has 1 N–H and O–H groups in total. The summed E-state index contributed by atoms with van der Waals surface area (Å²) in [5.41, 5.74) is 2.16. The Labute approximate surface area is 127 Å². The predicted octanol–water partition coefficient (Wildman–Crippen LogP) is 3.48. The van der Waals surface area contributed by atoms with Crippen LogP contribution in [0.15, 0.2) is 36.4 Å². The fourth-order valence-corrected chi connectivity index (χ4v) is 2.84. The van der Waals surface area contributed by atoms with Crippen molar-refractivity contribution >= 4 is 17.3 Å². The molecule has 0 radical (unpaired) electrons. The van der Waals surface area contributed by atoms with Gasteiger partial charge in [-0.1, -0.05) is 11.6 Å². The minimum absolute atomic E-state index is 0.115. The van der Waals surface area contributed by atoms with Crippen LogP contribution >= 0.6 is 11.6 Å². The standard InChI is InChI=1S/C16H14ClNO3/c17-11-1-3-14-10(5-11)6-13(21-14)8-18-12-2-4-15-16(7-12)20-9-19-15/h1-5,7,13,18H,6,8-9H2. The smallest absolute Gasteiger partial charge is 0.231 e. The molecular formula is C16H14ClNO3. The topological polar surface area (TPSA) is 39.7 Å². The average molecular weight is 304 g/mol. The summed E-state index contributed by atoms with van der Waals surface area (Å²) in [6.07, 6.45) is 0.983. The quantitative estimate of drug-likeness (QED) is 0.942. The number of ether oxygens (including phenoxy) is 3. The van der Waals surface area contributed by atoms with Gasteiger partial charge in [-0.2, -0.15) is 0 Å². The molecule has 2 aromatic rings. The fourth-order valence-electron chi connectivity index (χ4n) is 2.64. The molecule has 2 aliphatic heterocycles. The Morgan fingerprint density at radius 3 is 2.86 bits per heavy atom. The Bertz CT molecular complexity index is 689. The largest absolute Gasteiger partial charge is 0.488 e. The highest BCUT2D eigenvalue weighted by atomic mass is 35.5. The molecular weight excluding hydrogens is 290 g/mol. The van der Waals surface area contributed by atoms with E-state index >= 15 is 0 Å². The van der Waals surface area contributed by atoms with Gasteiger partial charge in [0, 0.05) is 23.2 Å². The molecule has 1 atom stereocenters. The summed E-state index contributed by atoms with van der Waals surface area (Å²) in [5, 5.41) is 4.12. The Balaban J connectivity index is 1.40. The van der Waals surface area contributed by atoms with Gasteiger partial charge in [0.25, 0.3) is 0 Å². The number of hydrogen-bond donors (Lipinski definition) is 1. The lowest BCUT2D eigenvalue weighted by molar-refractivity contribution is 0.174. The molecule has 4 rings (SSSR count). The minimum atomic E-state index is 0.115. The fraction of sp³-hybridized carbons (Fsp3) is 0.250. The first-order valence-corrected chi connectivity index (χ1v) is 7.24. The predicted molar refractivity (Wildman–Crippen MR) is 80.6 cm³/mol. The van der Waals surface area contributed by atoms with Gasteiger partial charge in [-0.05, 0) is 35.9 Å². The molecule has 2 aliphatic rings. The molecule has 0 aliphatic carbocycles. The molecule has 5 heteroatoms. The average Bonchev–Trinajstić information content (AvgIpc) is 3.09. The Morgan fingerprint density at radius 1 is 1.05 bits per heavy atom. The van der Waals surface area contributed by atoms with Crippen LogP contribution < -0.4 is 19.5 Å². The third-order valence-corrected chi connectivity index (χ3v) is 3.91. The molecule has 0 amide bonds. The number of nitrogens with one attached hydrogen (secondary N) is 1. The van der Waals surface area contributed by atoms with Crippen LogP contribution in [0, 0.1) is 0 Å². The van der Waals surface area contributed by atoms with Crippen LogP contribution in [-0.4, -0.2) is 19.4 Å². The van der Waals surface area contributed by atoms with Crippen LogP contribution in [0.25, 0.3) is 0 Å². The zero-order valence-electron chi connectivity index (χ0n) is 11.3. The number of benzene rings is 2. The Hall–Kier alpha value is -2.07. The third-order valence-electron chi connectivity index (χ3n) is 3.67. The molecule has 0 bridgehead atoms. The minimum Gasteiger partial charge on any atom is -0.488 e. The lowest BCUT2D eigenvalue weighted by Crippen LogP contribution is -2.23. The second kappa shape index (κ2) is 5.04. The van der Waals surface area contributed by atoms with E-state index in [1.54, 1.807) is 0 Å². The summed E-state index contributed by atoms with van der Waals surface area (Å²) in [5.74, 6) is 2.50.